The molecule has 10 nitrogen and oxygen atoms in total. The van der Waals surface area contributed by atoms with Gasteiger partial charge in [-0.1, -0.05) is 6.07 Å². The number of benzene rings is 2. The van der Waals surface area contributed by atoms with Gasteiger partial charge in [0, 0.05) is 12.1 Å². The summed E-state index contributed by atoms with van der Waals surface area (Å²) in [6.07, 6.45) is 0. The quantitative estimate of drug-likeness (QED) is 0.427. The second-order valence-electron chi connectivity index (χ2n) is 7.53. The van der Waals surface area contributed by atoms with Crippen LogP contribution in [0.5, 0.6) is 17.2 Å². The lowest BCUT2D eigenvalue weighted by Crippen LogP contribution is -2.34. The average Bonchev–Trinajstić information content (AvgIpc) is 3.32. The molecule has 0 aliphatic rings. The molecule has 1 amide bonds. The second-order valence-corrected chi connectivity index (χ2v) is 7.53. The number of aryl methyl sites for hydroxylation is 1. The topological polar surface area (TPSA) is 109 Å². The van der Waals surface area contributed by atoms with Crippen molar-refractivity contribution in [1.29, 1.82) is 0 Å². The second kappa shape index (κ2) is 9.65. The summed E-state index contributed by atoms with van der Waals surface area (Å²) in [5.41, 5.74) is 2.23. The summed E-state index contributed by atoms with van der Waals surface area (Å²) in [7, 11) is 4.71. The van der Waals surface area contributed by atoms with Crippen molar-refractivity contribution in [3.8, 4) is 28.5 Å². The largest absolute Gasteiger partial charge is 0.497 e. The molecule has 2 heterocycles. The van der Waals surface area contributed by atoms with Gasteiger partial charge in [0.25, 0.3) is 5.56 Å². The van der Waals surface area contributed by atoms with Crippen LogP contribution in [0.4, 0.5) is 0 Å². The van der Waals surface area contributed by atoms with Crippen LogP contribution in [-0.2, 0) is 17.9 Å². The summed E-state index contributed by atoms with van der Waals surface area (Å²) in [6.45, 7) is 1.78. The van der Waals surface area contributed by atoms with Crippen molar-refractivity contribution in [3.63, 3.8) is 0 Å². The van der Waals surface area contributed by atoms with Crippen LogP contribution in [0.15, 0.2) is 53.3 Å². The molecule has 0 unspecified atom stereocenters. The van der Waals surface area contributed by atoms with E-state index in [2.05, 4.69) is 15.5 Å². The third-order valence-electron chi connectivity index (χ3n) is 5.35. The highest BCUT2D eigenvalue weighted by atomic mass is 16.5. The monoisotopic (exact) mass is 463 g/mol. The Kier molecular flexibility index (Phi) is 6.48. The summed E-state index contributed by atoms with van der Waals surface area (Å²) in [6, 6.07) is 14.5. The molecule has 2 aromatic carbocycles. The van der Waals surface area contributed by atoms with Crippen molar-refractivity contribution in [2.24, 2.45) is 0 Å². The van der Waals surface area contributed by atoms with E-state index in [9.17, 15) is 9.59 Å². The van der Waals surface area contributed by atoms with Crippen LogP contribution >= 0.6 is 0 Å². The van der Waals surface area contributed by atoms with Crippen LogP contribution in [0.3, 0.4) is 0 Å². The van der Waals surface area contributed by atoms with E-state index in [-0.39, 0.29) is 19.0 Å². The SMILES string of the molecule is COc1ccc(-c2cc3c(=O)n(CC(=O)NCc4ccc(OC)c(OC)c4)nc(C)n3n2)cc1. The Hall–Kier alpha value is -4.34. The third-order valence-corrected chi connectivity index (χ3v) is 5.35. The smallest absolute Gasteiger partial charge is 0.293 e. The standard InChI is InChI=1S/C24H25N5O5/c1-15-26-28(14-23(30)25-13-16-5-10-21(33-3)22(11-16)34-4)24(31)20-12-19(27-29(15)20)17-6-8-18(32-2)9-7-17/h5-12H,13-14H2,1-4H3,(H,25,30). The van der Waals surface area contributed by atoms with Gasteiger partial charge in [-0.25, -0.2) is 9.20 Å². The van der Waals surface area contributed by atoms with Crippen molar-refractivity contribution in [1.82, 2.24) is 24.7 Å². The van der Waals surface area contributed by atoms with Gasteiger partial charge < -0.3 is 19.5 Å². The molecule has 176 valence electrons. The minimum absolute atomic E-state index is 0.216. The van der Waals surface area contributed by atoms with Crippen molar-refractivity contribution in [2.45, 2.75) is 20.0 Å². The predicted molar refractivity (Wildman–Crippen MR) is 125 cm³/mol. The van der Waals surface area contributed by atoms with Crippen LogP contribution in [0.25, 0.3) is 16.8 Å². The molecule has 4 rings (SSSR count). The van der Waals surface area contributed by atoms with E-state index in [1.165, 1.54) is 4.52 Å². The molecule has 0 aliphatic carbocycles. The summed E-state index contributed by atoms with van der Waals surface area (Å²) in [5, 5.41) is 11.6. The number of fused-ring (bicyclic) bond motifs is 1. The molecule has 0 saturated carbocycles. The number of hydrogen-bond donors (Lipinski definition) is 1. The van der Waals surface area contributed by atoms with Gasteiger partial charge in [0.15, 0.2) is 11.5 Å². The number of carbonyl (C=O) groups is 1. The molecule has 1 N–H and O–H groups in total. The van der Waals surface area contributed by atoms with Gasteiger partial charge in [0.05, 0.1) is 27.0 Å². The molecule has 0 radical (unpaired) electrons. The van der Waals surface area contributed by atoms with Gasteiger partial charge >= 0.3 is 0 Å². The Morgan fingerprint density at radius 1 is 0.941 bits per heavy atom. The molecule has 0 fully saturated rings. The number of ether oxygens (including phenoxy) is 3. The molecule has 0 bridgehead atoms. The summed E-state index contributed by atoms with van der Waals surface area (Å²) in [4.78, 5) is 25.5. The van der Waals surface area contributed by atoms with Crippen molar-refractivity contribution >= 4 is 11.4 Å². The number of nitrogens with zero attached hydrogens (tertiary/aromatic N) is 4. The number of amides is 1. The van der Waals surface area contributed by atoms with Crippen LogP contribution < -0.4 is 25.1 Å². The number of aromatic nitrogens is 4. The maximum Gasteiger partial charge on any atom is 0.293 e. The first-order valence-corrected chi connectivity index (χ1v) is 10.5. The zero-order chi connectivity index (χ0) is 24.2. The number of nitrogens with one attached hydrogen (secondary N) is 1. The van der Waals surface area contributed by atoms with E-state index < -0.39 is 5.56 Å². The van der Waals surface area contributed by atoms with E-state index in [0.717, 1.165) is 21.6 Å². The van der Waals surface area contributed by atoms with E-state index in [4.69, 9.17) is 14.2 Å². The predicted octanol–water partition coefficient (Wildman–Crippen LogP) is 2.21. The minimum atomic E-state index is -0.404. The highest BCUT2D eigenvalue weighted by molar-refractivity contribution is 5.75. The first kappa shape index (κ1) is 22.8. The summed E-state index contributed by atoms with van der Waals surface area (Å²) >= 11 is 0. The van der Waals surface area contributed by atoms with Crippen molar-refractivity contribution < 1.29 is 19.0 Å². The van der Waals surface area contributed by atoms with E-state index in [0.29, 0.717) is 28.5 Å². The molecule has 4 aromatic rings. The zero-order valence-electron chi connectivity index (χ0n) is 19.4. The molecule has 0 spiro atoms. The van der Waals surface area contributed by atoms with Crippen LogP contribution in [-0.4, -0.2) is 46.6 Å². The first-order valence-electron chi connectivity index (χ1n) is 10.5. The lowest BCUT2D eigenvalue weighted by molar-refractivity contribution is -0.122. The molecule has 10 heteroatoms. The fourth-order valence-corrected chi connectivity index (χ4v) is 3.57. The molecule has 0 atom stereocenters. The first-order chi connectivity index (χ1) is 16.4. The maximum absolute atomic E-state index is 13.0. The van der Waals surface area contributed by atoms with Gasteiger partial charge in [-0.3, -0.25) is 9.59 Å². The van der Waals surface area contributed by atoms with Crippen LogP contribution in [0.2, 0.25) is 0 Å². The van der Waals surface area contributed by atoms with Crippen molar-refractivity contribution in [2.75, 3.05) is 21.3 Å². The fourth-order valence-electron chi connectivity index (χ4n) is 3.57. The summed E-state index contributed by atoms with van der Waals surface area (Å²) < 4.78 is 18.3. The Bertz CT molecular complexity index is 1390. The van der Waals surface area contributed by atoms with E-state index >= 15 is 0 Å². The molecular weight excluding hydrogens is 438 g/mol. The number of carbonyl (C=O) groups excluding carboxylic acids is 1. The highest BCUT2D eigenvalue weighted by Gasteiger charge is 2.15. The fraction of sp³-hybridized carbons (Fsp3) is 0.250. The molecule has 0 saturated heterocycles. The highest BCUT2D eigenvalue weighted by Crippen LogP contribution is 2.27. The number of methoxy groups -OCH3 is 3. The lowest BCUT2D eigenvalue weighted by Gasteiger charge is -2.11. The third kappa shape index (κ3) is 4.56. The normalized spacial score (nSPS) is 10.8. The zero-order valence-corrected chi connectivity index (χ0v) is 19.4. The van der Waals surface area contributed by atoms with Gasteiger partial charge in [-0.2, -0.15) is 10.2 Å². The number of hydrogen-bond acceptors (Lipinski definition) is 7. The van der Waals surface area contributed by atoms with E-state index in [1.807, 2.05) is 30.3 Å². The lowest BCUT2D eigenvalue weighted by atomic mass is 10.1. The maximum atomic E-state index is 13.0. The Balaban J connectivity index is 1.52. The Labute approximate surface area is 195 Å². The minimum Gasteiger partial charge on any atom is -0.497 e. The van der Waals surface area contributed by atoms with Gasteiger partial charge in [0.2, 0.25) is 5.91 Å². The molecule has 2 aromatic heterocycles. The molecular formula is C24H25N5O5. The Morgan fingerprint density at radius 3 is 2.35 bits per heavy atom. The molecule has 34 heavy (non-hydrogen) atoms. The number of rotatable bonds is 8. The molecule has 0 aliphatic heterocycles. The van der Waals surface area contributed by atoms with Gasteiger partial charge in [0.1, 0.15) is 23.6 Å². The van der Waals surface area contributed by atoms with Gasteiger partial charge in [-0.05, 0) is 55.0 Å². The van der Waals surface area contributed by atoms with Crippen LogP contribution in [0.1, 0.15) is 11.4 Å². The average molecular weight is 463 g/mol. The Morgan fingerprint density at radius 2 is 1.68 bits per heavy atom. The summed E-state index contributed by atoms with van der Waals surface area (Å²) in [5.74, 6) is 2.05. The van der Waals surface area contributed by atoms with Crippen molar-refractivity contribution in [3.05, 3.63) is 70.3 Å². The van der Waals surface area contributed by atoms with Gasteiger partial charge in [-0.15, -0.1) is 0 Å². The van der Waals surface area contributed by atoms with E-state index in [1.54, 1.807) is 46.5 Å². The van der Waals surface area contributed by atoms with Crippen LogP contribution in [0, 0.1) is 6.92 Å².